The monoisotopic (exact) mass is 438 g/mol. The van der Waals surface area contributed by atoms with Gasteiger partial charge in [-0.3, -0.25) is 9.59 Å². The Morgan fingerprint density at radius 2 is 1.72 bits per heavy atom. The van der Waals surface area contributed by atoms with Gasteiger partial charge in [0.1, 0.15) is 5.82 Å². The van der Waals surface area contributed by atoms with Gasteiger partial charge in [-0.2, -0.15) is 4.31 Å². The zero-order valence-electron chi connectivity index (χ0n) is 15.7. The Morgan fingerprint density at radius 1 is 1.10 bits per heavy atom. The van der Waals surface area contributed by atoms with Crippen molar-refractivity contribution in [1.29, 1.82) is 0 Å². The molecular weight excluding hydrogens is 419 g/mol. The van der Waals surface area contributed by atoms with Gasteiger partial charge in [-0.15, -0.1) is 0 Å². The summed E-state index contributed by atoms with van der Waals surface area (Å²) in [6, 6.07) is 9.67. The number of Topliss-reactive ketones (excluding diaryl/α,β-unsaturated/α-hetero) is 1. The van der Waals surface area contributed by atoms with E-state index >= 15 is 0 Å². The summed E-state index contributed by atoms with van der Waals surface area (Å²) in [6.45, 7) is 1.76. The van der Waals surface area contributed by atoms with Crippen LogP contribution in [0, 0.1) is 11.7 Å². The number of carbonyl (C=O) groups excluding carboxylic acids is 2. The van der Waals surface area contributed by atoms with E-state index in [0.29, 0.717) is 23.4 Å². The van der Waals surface area contributed by atoms with Crippen LogP contribution in [0.5, 0.6) is 0 Å². The lowest BCUT2D eigenvalue weighted by Crippen LogP contribution is -2.41. The number of benzene rings is 2. The fourth-order valence-corrected chi connectivity index (χ4v) is 4.84. The van der Waals surface area contributed by atoms with Crippen LogP contribution in [0.4, 0.5) is 10.1 Å². The minimum Gasteiger partial charge on any atom is -0.323 e. The van der Waals surface area contributed by atoms with Crippen molar-refractivity contribution in [2.75, 3.05) is 18.4 Å². The number of amides is 1. The molecule has 1 N–H and O–H groups in total. The summed E-state index contributed by atoms with van der Waals surface area (Å²) in [5.74, 6) is -1.53. The Morgan fingerprint density at radius 3 is 2.31 bits per heavy atom. The summed E-state index contributed by atoms with van der Waals surface area (Å²) < 4.78 is 40.7. The molecule has 2 aromatic carbocycles. The van der Waals surface area contributed by atoms with E-state index in [0.717, 1.165) is 0 Å². The summed E-state index contributed by atoms with van der Waals surface area (Å²) in [7, 11) is -3.71. The summed E-state index contributed by atoms with van der Waals surface area (Å²) in [5.41, 5.74) is 0.440. The molecule has 29 heavy (non-hydrogen) atoms. The fourth-order valence-electron chi connectivity index (χ4n) is 3.20. The molecule has 0 aromatic heterocycles. The molecule has 1 aliphatic rings. The van der Waals surface area contributed by atoms with Gasteiger partial charge in [0.05, 0.1) is 10.6 Å². The van der Waals surface area contributed by atoms with Crippen molar-refractivity contribution >= 4 is 39.0 Å². The van der Waals surface area contributed by atoms with E-state index in [1.54, 1.807) is 0 Å². The first-order chi connectivity index (χ1) is 13.7. The zero-order valence-corrected chi connectivity index (χ0v) is 17.3. The van der Waals surface area contributed by atoms with Crippen LogP contribution in [-0.2, 0) is 14.8 Å². The average molecular weight is 439 g/mol. The van der Waals surface area contributed by atoms with Gasteiger partial charge >= 0.3 is 0 Å². The maximum absolute atomic E-state index is 13.8. The third-order valence-corrected chi connectivity index (χ3v) is 7.06. The van der Waals surface area contributed by atoms with Gasteiger partial charge < -0.3 is 5.32 Å². The summed E-state index contributed by atoms with van der Waals surface area (Å²) in [5, 5.41) is 2.83. The Bertz CT molecular complexity index is 1030. The van der Waals surface area contributed by atoms with Crippen LogP contribution in [0.15, 0.2) is 47.4 Å². The Labute approximate surface area is 173 Å². The lowest BCUT2D eigenvalue weighted by molar-refractivity contribution is -0.120. The van der Waals surface area contributed by atoms with Crippen LogP contribution in [0.2, 0.25) is 5.02 Å². The number of halogens is 2. The third-order valence-electron chi connectivity index (χ3n) is 4.91. The van der Waals surface area contributed by atoms with Crippen LogP contribution < -0.4 is 5.32 Å². The summed E-state index contributed by atoms with van der Waals surface area (Å²) in [4.78, 5) is 23.9. The van der Waals surface area contributed by atoms with Gasteiger partial charge in [0.2, 0.25) is 15.9 Å². The van der Waals surface area contributed by atoms with Crippen LogP contribution in [-0.4, -0.2) is 37.5 Å². The van der Waals surface area contributed by atoms with E-state index in [-0.39, 0.29) is 35.4 Å². The second-order valence-electron chi connectivity index (χ2n) is 6.87. The van der Waals surface area contributed by atoms with Gasteiger partial charge in [-0.05, 0) is 50.1 Å². The van der Waals surface area contributed by atoms with Gasteiger partial charge in [0.15, 0.2) is 5.78 Å². The molecule has 0 atom stereocenters. The molecule has 1 amide bonds. The van der Waals surface area contributed by atoms with E-state index in [9.17, 15) is 22.4 Å². The molecule has 0 bridgehead atoms. The van der Waals surface area contributed by atoms with Crippen molar-refractivity contribution in [3.8, 4) is 0 Å². The molecule has 1 heterocycles. The van der Waals surface area contributed by atoms with Crippen LogP contribution in [0.1, 0.15) is 30.1 Å². The molecule has 0 aliphatic carbocycles. The first kappa shape index (κ1) is 21.4. The highest BCUT2D eigenvalue weighted by atomic mass is 35.5. The molecule has 0 unspecified atom stereocenters. The number of rotatable bonds is 5. The molecule has 3 rings (SSSR count). The molecule has 1 aliphatic heterocycles. The lowest BCUT2D eigenvalue weighted by atomic mass is 9.97. The SMILES string of the molecule is CC(=O)c1ccc(S(=O)(=O)N2CCC(C(=O)Nc3cc(Cl)ccc3F)CC2)cc1. The maximum atomic E-state index is 13.8. The molecule has 2 aromatic rings. The first-order valence-corrected chi connectivity index (χ1v) is 10.9. The number of piperidine rings is 1. The Kier molecular flexibility index (Phi) is 6.36. The van der Waals surface area contributed by atoms with Crippen molar-refractivity contribution in [3.05, 3.63) is 58.9 Å². The number of nitrogens with zero attached hydrogens (tertiary/aromatic N) is 1. The van der Waals surface area contributed by atoms with E-state index < -0.39 is 21.8 Å². The highest BCUT2D eigenvalue weighted by Gasteiger charge is 2.32. The van der Waals surface area contributed by atoms with Crippen LogP contribution in [0.25, 0.3) is 0 Å². The molecule has 1 fully saturated rings. The molecule has 0 saturated carbocycles. The maximum Gasteiger partial charge on any atom is 0.243 e. The predicted octanol–water partition coefficient (Wildman–Crippen LogP) is 3.72. The summed E-state index contributed by atoms with van der Waals surface area (Å²) in [6.07, 6.45) is 0.636. The van der Waals surface area contributed by atoms with E-state index in [4.69, 9.17) is 11.6 Å². The van der Waals surface area contributed by atoms with E-state index in [2.05, 4.69) is 5.32 Å². The zero-order chi connectivity index (χ0) is 21.2. The minimum absolute atomic E-state index is 0.00288. The molecule has 1 saturated heterocycles. The van der Waals surface area contributed by atoms with E-state index in [1.165, 1.54) is 53.7 Å². The molecule has 154 valence electrons. The Balaban J connectivity index is 1.64. The number of anilines is 1. The quantitative estimate of drug-likeness (QED) is 0.721. The number of hydrogen-bond donors (Lipinski definition) is 1. The highest BCUT2D eigenvalue weighted by molar-refractivity contribution is 7.89. The summed E-state index contributed by atoms with van der Waals surface area (Å²) >= 11 is 5.83. The highest BCUT2D eigenvalue weighted by Crippen LogP contribution is 2.26. The smallest absolute Gasteiger partial charge is 0.243 e. The van der Waals surface area contributed by atoms with Gasteiger partial charge in [-0.25, -0.2) is 12.8 Å². The largest absolute Gasteiger partial charge is 0.323 e. The second kappa shape index (κ2) is 8.61. The second-order valence-corrected chi connectivity index (χ2v) is 9.25. The van der Waals surface area contributed by atoms with Crippen molar-refractivity contribution in [1.82, 2.24) is 4.31 Å². The average Bonchev–Trinajstić information content (AvgIpc) is 2.71. The molecular formula is C20H20ClFN2O4S. The number of ketones is 1. The third kappa shape index (κ3) is 4.83. The number of nitrogens with one attached hydrogen (secondary N) is 1. The minimum atomic E-state index is -3.71. The van der Waals surface area contributed by atoms with Crippen molar-refractivity contribution < 1.29 is 22.4 Å². The van der Waals surface area contributed by atoms with E-state index in [1.807, 2.05) is 0 Å². The van der Waals surface area contributed by atoms with Gasteiger partial charge in [-0.1, -0.05) is 23.7 Å². The number of sulfonamides is 1. The molecule has 6 nitrogen and oxygen atoms in total. The molecule has 0 spiro atoms. The van der Waals surface area contributed by atoms with Crippen LogP contribution >= 0.6 is 11.6 Å². The molecule has 0 radical (unpaired) electrons. The predicted molar refractivity (Wildman–Crippen MR) is 108 cm³/mol. The van der Waals surface area contributed by atoms with Gasteiger partial charge in [0, 0.05) is 29.6 Å². The first-order valence-electron chi connectivity index (χ1n) is 9.05. The number of carbonyl (C=O) groups is 2. The normalized spacial score (nSPS) is 15.8. The molecule has 9 heteroatoms. The lowest BCUT2D eigenvalue weighted by Gasteiger charge is -2.30. The van der Waals surface area contributed by atoms with Crippen molar-refractivity contribution in [3.63, 3.8) is 0 Å². The Hall–Kier alpha value is -2.29. The van der Waals surface area contributed by atoms with Crippen molar-refractivity contribution in [2.45, 2.75) is 24.7 Å². The fraction of sp³-hybridized carbons (Fsp3) is 0.300. The van der Waals surface area contributed by atoms with Gasteiger partial charge in [0.25, 0.3) is 0 Å². The topological polar surface area (TPSA) is 83.6 Å². The number of hydrogen-bond acceptors (Lipinski definition) is 4. The van der Waals surface area contributed by atoms with Crippen LogP contribution in [0.3, 0.4) is 0 Å². The van der Waals surface area contributed by atoms with Crippen molar-refractivity contribution in [2.24, 2.45) is 5.92 Å². The standard InChI is InChI=1S/C20H20ClFN2O4S/c1-13(25)14-2-5-17(6-3-14)29(27,28)24-10-8-15(9-11-24)20(26)23-19-12-16(21)4-7-18(19)22/h2-7,12,15H,8-11H2,1H3,(H,23,26).